The van der Waals surface area contributed by atoms with Gasteiger partial charge in [-0.05, 0) is 18.2 Å². The van der Waals surface area contributed by atoms with Gasteiger partial charge in [0.05, 0.1) is 19.8 Å². The first-order valence-corrected chi connectivity index (χ1v) is 5.82. The van der Waals surface area contributed by atoms with Crippen molar-refractivity contribution in [3.63, 3.8) is 0 Å². The third-order valence-electron chi connectivity index (χ3n) is 1.34. The number of nitrogens with one attached hydrogen (secondary N) is 1. The molecule has 1 aromatic carbocycles. The summed E-state index contributed by atoms with van der Waals surface area (Å²) in [5.41, 5.74) is 0. The van der Waals surface area contributed by atoms with E-state index in [-0.39, 0.29) is 0 Å². The number of rotatable bonds is 1. The molecule has 12 heavy (non-hydrogen) atoms. The monoisotopic (exact) mass is 223 g/mol. The van der Waals surface area contributed by atoms with Gasteiger partial charge in [0.15, 0.2) is 0 Å². The van der Waals surface area contributed by atoms with Gasteiger partial charge in [-0.15, -0.1) is 0 Å². The molecular weight excluding hydrogens is 217 g/mol. The Labute approximate surface area is 81.5 Å². The Morgan fingerprint density at radius 2 is 1.92 bits per heavy atom. The van der Waals surface area contributed by atoms with Crippen LogP contribution >= 0.6 is 23.2 Å². The van der Waals surface area contributed by atoms with Crippen LogP contribution in [0, 0.1) is 4.78 Å². The summed E-state index contributed by atoms with van der Waals surface area (Å²) in [6.45, 7) is 0. The summed E-state index contributed by atoms with van der Waals surface area (Å²) in [6.07, 6.45) is 1.34. The van der Waals surface area contributed by atoms with Crippen molar-refractivity contribution in [3.05, 3.63) is 28.2 Å². The lowest BCUT2D eigenvalue weighted by Gasteiger charge is -2.01. The van der Waals surface area contributed by atoms with Crippen LogP contribution in [0.4, 0.5) is 0 Å². The van der Waals surface area contributed by atoms with Crippen LogP contribution < -0.4 is 0 Å². The van der Waals surface area contributed by atoms with Crippen LogP contribution in [0.25, 0.3) is 0 Å². The molecule has 1 aromatic rings. The second-order valence-electron chi connectivity index (χ2n) is 2.42. The van der Waals surface area contributed by atoms with Crippen molar-refractivity contribution in [3.8, 4) is 0 Å². The predicted molar refractivity (Wildman–Crippen MR) is 51.5 cm³/mol. The van der Waals surface area contributed by atoms with E-state index in [1.54, 1.807) is 6.07 Å². The van der Waals surface area contributed by atoms with Gasteiger partial charge in [0.25, 0.3) is 0 Å². The van der Waals surface area contributed by atoms with E-state index in [9.17, 15) is 4.21 Å². The van der Waals surface area contributed by atoms with Crippen LogP contribution in [-0.4, -0.2) is 10.5 Å². The summed E-state index contributed by atoms with van der Waals surface area (Å²) in [4.78, 5) is 0.400. The first-order chi connectivity index (χ1) is 5.41. The van der Waals surface area contributed by atoms with Crippen LogP contribution in [-0.2, 0) is 9.73 Å². The fourth-order valence-corrected chi connectivity index (χ4v) is 1.75. The maximum Gasteiger partial charge on any atom is 0.0697 e. The third-order valence-corrected chi connectivity index (χ3v) is 3.23. The predicted octanol–water partition coefficient (Wildman–Crippen LogP) is 3.03. The average Bonchev–Trinajstić information content (AvgIpc) is 1.92. The molecule has 0 unspecified atom stereocenters. The molecule has 1 rings (SSSR count). The number of hydrogen-bond donors (Lipinski definition) is 1. The van der Waals surface area contributed by atoms with Crippen LogP contribution in [0.2, 0.25) is 10.0 Å². The van der Waals surface area contributed by atoms with Crippen LogP contribution in [0.15, 0.2) is 23.1 Å². The van der Waals surface area contributed by atoms with E-state index >= 15 is 0 Å². The maximum atomic E-state index is 11.2. The zero-order valence-corrected chi connectivity index (χ0v) is 8.63. The molecule has 0 amide bonds. The highest BCUT2D eigenvalue weighted by Gasteiger charge is 2.05. The second-order valence-corrected chi connectivity index (χ2v) is 5.39. The normalized spacial score (nSPS) is 15.6. The molecule has 2 nitrogen and oxygen atoms in total. The quantitative estimate of drug-likeness (QED) is 0.782. The molecule has 0 aliphatic heterocycles. The summed E-state index contributed by atoms with van der Waals surface area (Å²) >= 11 is 11.3. The standard InChI is InChI=1S/C7H7Cl2NOS/c1-12(10,11)5-2-3-6(8)7(9)4-5/h2-4,10H,1H3/t12-/m0/s1. The first-order valence-electron chi connectivity index (χ1n) is 3.10. The SMILES string of the molecule is C[S@](=N)(=O)c1ccc(Cl)c(Cl)c1. The van der Waals surface area contributed by atoms with Gasteiger partial charge in [-0.2, -0.15) is 0 Å². The molecule has 0 spiro atoms. The molecule has 0 aliphatic rings. The van der Waals surface area contributed by atoms with E-state index in [0.29, 0.717) is 14.9 Å². The highest BCUT2D eigenvalue weighted by molar-refractivity contribution is 7.91. The molecule has 0 aromatic heterocycles. The summed E-state index contributed by atoms with van der Waals surface area (Å²) in [5.74, 6) is 0. The highest BCUT2D eigenvalue weighted by Crippen LogP contribution is 2.24. The van der Waals surface area contributed by atoms with E-state index in [1.807, 2.05) is 0 Å². The minimum absolute atomic E-state index is 0.330. The van der Waals surface area contributed by atoms with Gasteiger partial charge in [-0.25, -0.2) is 8.99 Å². The molecule has 0 heterocycles. The summed E-state index contributed by atoms with van der Waals surface area (Å²) in [7, 11) is -2.69. The Hall–Kier alpha value is -0.250. The molecule has 5 heteroatoms. The zero-order valence-electron chi connectivity index (χ0n) is 6.30. The topological polar surface area (TPSA) is 40.9 Å². The lowest BCUT2D eigenvalue weighted by Crippen LogP contribution is -1.93. The third kappa shape index (κ3) is 2.12. The minimum Gasteiger partial charge on any atom is -0.249 e. The summed E-state index contributed by atoms with van der Waals surface area (Å²) in [5, 5.41) is 0.736. The Bertz CT molecular complexity index is 400. The van der Waals surface area contributed by atoms with Crippen molar-refractivity contribution in [2.75, 3.05) is 6.26 Å². The zero-order chi connectivity index (χ0) is 9.35. The minimum atomic E-state index is -2.69. The van der Waals surface area contributed by atoms with Crippen molar-refractivity contribution < 1.29 is 4.21 Å². The Morgan fingerprint density at radius 3 is 2.33 bits per heavy atom. The van der Waals surface area contributed by atoms with Gasteiger partial charge >= 0.3 is 0 Å². The largest absolute Gasteiger partial charge is 0.249 e. The number of hydrogen-bond acceptors (Lipinski definition) is 2. The number of halogens is 2. The van der Waals surface area contributed by atoms with Gasteiger partial charge in [0, 0.05) is 11.2 Å². The number of benzene rings is 1. The van der Waals surface area contributed by atoms with Gasteiger partial charge < -0.3 is 0 Å². The van der Waals surface area contributed by atoms with Gasteiger partial charge in [-0.3, -0.25) is 0 Å². The molecule has 66 valence electrons. The highest BCUT2D eigenvalue weighted by atomic mass is 35.5. The van der Waals surface area contributed by atoms with Gasteiger partial charge in [0.2, 0.25) is 0 Å². The molecule has 0 radical (unpaired) electrons. The van der Waals surface area contributed by atoms with Crippen molar-refractivity contribution in [2.45, 2.75) is 4.90 Å². The molecule has 0 saturated heterocycles. The van der Waals surface area contributed by atoms with Crippen LogP contribution in [0.1, 0.15) is 0 Å². The lowest BCUT2D eigenvalue weighted by atomic mass is 10.4. The molecular formula is C7H7Cl2NOS. The second kappa shape index (κ2) is 3.24. The maximum absolute atomic E-state index is 11.2. The van der Waals surface area contributed by atoms with Crippen LogP contribution in [0.3, 0.4) is 0 Å². The van der Waals surface area contributed by atoms with E-state index in [4.69, 9.17) is 28.0 Å². The van der Waals surface area contributed by atoms with E-state index in [0.717, 1.165) is 0 Å². The van der Waals surface area contributed by atoms with Crippen molar-refractivity contribution >= 4 is 32.9 Å². The van der Waals surface area contributed by atoms with Gasteiger partial charge in [-0.1, -0.05) is 23.2 Å². The molecule has 0 saturated carbocycles. The Balaban J connectivity index is 3.33. The van der Waals surface area contributed by atoms with E-state index < -0.39 is 9.73 Å². The van der Waals surface area contributed by atoms with Crippen molar-refractivity contribution in [2.24, 2.45) is 0 Å². The van der Waals surface area contributed by atoms with Crippen LogP contribution in [0.5, 0.6) is 0 Å². The Morgan fingerprint density at radius 1 is 1.33 bits per heavy atom. The van der Waals surface area contributed by atoms with Gasteiger partial charge in [0.1, 0.15) is 0 Å². The molecule has 1 N–H and O–H groups in total. The summed E-state index contributed by atoms with van der Waals surface area (Å²) in [6, 6.07) is 4.54. The molecule has 0 fully saturated rings. The lowest BCUT2D eigenvalue weighted by molar-refractivity contribution is 0.679. The fourth-order valence-electron chi connectivity index (χ4n) is 0.719. The fraction of sp³-hybridized carbons (Fsp3) is 0.143. The van der Waals surface area contributed by atoms with Crippen molar-refractivity contribution in [1.29, 1.82) is 4.78 Å². The summed E-state index contributed by atoms with van der Waals surface area (Å²) < 4.78 is 18.5. The average molecular weight is 224 g/mol. The molecule has 1 atom stereocenters. The Kier molecular flexibility index (Phi) is 2.66. The smallest absolute Gasteiger partial charge is 0.0697 e. The van der Waals surface area contributed by atoms with E-state index in [1.165, 1.54) is 18.4 Å². The molecule has 0 bridgehead atoms. The van der Waals surface area contributed by atoms with Crippen molar-refractivity contribution in [1.82, 2.24) is 0 Å². The molecule has 0 aliphatic carbocycles. The van der Waals surface area contributed by atoms with E-state index in [2.05, 4.69) is 0 Å². The first kappa shape index (κ1) is 9.84.